The topological polar surface area (TPSA) is 68.5 Å². The van der Waals surface area contributed by atoms with Gasteiger partial charge >= 0.3 is 0 Å². The Kier molecular flexibility index (Phi) is 7.37. The van der Waals surface area contributed by atoms with E-state index in [-0.39, 0.29) is 11.9 Å². The molecule has 160 valence electrons. The molecule has 30 heavy (non-hydrogen) atoms. The van der Waals surface area contributed by atoms with Crippen LogP contribution in [0.25, 0.3) is 5.65 Å². The van der Waals surface area contributed by atoms with Crippen molar-refractivity contribution >= 4 is 23.3 Å². The number of benzene rings is 1. The zero-order valence-electron chi connectivity index (χ0n) is 18.3. The molecule has 2 unspecified atom stereocenters. The van der Waals surface area contributed by atoms with Gasteiger partial charge in [0.2, 0.25) is 0 Å². The number of pyridine rings is 1. The number of carbonyl (C=O) groups is 1. The fraction of sp³-hybridized carbons (Fsp3) is 0.435. The van der Waals surface area contributed by atoms with Gasteiger partial charge in [-0.2, -0.15) is 11.8 Å². The van der Waals surface area contributed by atoms with E-state index in [4.69, 9.17) is 4.74 Å². The van der Waals surface area contributed by atoms with Crippen molar-refractivity contribution in [3.8, 4) is 5.75 Å². The Morgan fingerprint density at radius 3 is 2.73 bits per heavy atom. The van der Waals surface area contributed by atoms with Crippen molar-refractivity contribution in [3.05, 3.63) is 59.5 Å². The predicted octanol–water partition coefficient (Wildman–Crippen LogP) is 4.54. The molecule has 0 fully saturated rings. The number of nitrogens with zero attached hydrogens (tertiary/aromatic N) is 3. The zero-order valence-corrected chi connectivity index (χ0v) is 19.1. The molecule has 0 bridgehead atoms. The number of hydrogen-bond acceptors (Lipinski definition) is 5. The maximum Gasteiger partial charge on any atom is 0.261 e. The van der Waals surface area contributed by atoms with Gasteiger partial charge in [-0.05, 0) is 67.5 Å². The van der Waals surface area contributed by atoms with Crippen LogP contribution in [0.3, 0.4) is 0 Å². The van der Waals surface area contributed by atoms with Crippen molar-refractivity contribution in [2.45, 2.75) is 52.2 Å². The van der Waals surface area contributed by atoms with Crippen LogP contribution in [0.2, 0.25) is 0 Å². The standard InChI is InChI=1S/C23H30N4O2S/c1-15(2)18-10-9-16(3)20(14-18)29-17(4)23(28)24-19(11-13-30-5)22-26-25-21-8-6-7-12-27(21)22/h6-10,12,14-15,17,19H,11,13H2,1-5H3,(H,24,28). The molecule has 7 heteroatoms. The minimum Gasteiger partial charge on any atom is -0.481 e. The second-order valence-corrected chi connectivity index (χ2v) is 8.75. The lowest BCUT2D eigenvalue weighted by molar-refractivity contribution is -0.128. The van der Waals surface area contributed by atoms with Crippen molar-refractivity contribution in [2.24, 2.45) is 0 Å². The molecule has 1 amide bonds. The molecule has 0 aliphatic carbocycles. The third-order valence-corrected chi connectivity index (χ3v) is 5.77. The maximum atomic E-state index is 13.0. The second kappa shape index (κ2) is 9.98. The van der Waals surface area contributed by atoms with E-state index < -0.39 is 6.10 Å². The largest absolute Gasteiger partial charge is 0.481 e. The SMILES string of the molecule is CSCCC(NC(=O)C(C)Oc1cc(C(C)C)ccc1C)c1nnc2ccccn12. The van der Waals surface area contributed by atoms with E-state index in [1.54, 1.807) is 18.7 Å². The number of ether oxygens (including phenoxy) is 1. The Hall–Kier alpha value is -2.54. The molecular formula is C23H30N4O2S. The van der Waals surface area contributed by atoms with E-state index in [9.17, 15) is 4.79 Å². The van der Waals surface area contributed by atoms with Gasteiger partial charge in [0.1, 0.15) is 5.75 Å². The van der Waals surface area contributed by atoms with Crippen LogP contribution < -0.4 is 10.1 Å². The summed E-state index contributed by atoms with van der Waals surface area (Å²) in [4.78, 5) is 13.0. The Balaban J connectivity index is 1.76. The highest BCUT2D eigenvalue weighted by Crippen LogP contribution is 2.25. The van der Waals surface area contributed by atoms with Gasteiger partial charge in [-0.3, -0.25) is 9.20 Å². The van der Waals surface area contributed by atoms with Gasteiger partial charge in [0.15, 0.2) is 17.6 Å². The third kappa shape index (κ3) is 5.14. The van der Waals surface area contributed by atoms with E-state index in [2.05, 4.69) is 41.7 Å². The maximum absolute atomic E-state index is 13.0. The Morgan fingerprint density at radius 2 is 2.00 bits per heavy atom. The highest BCUT2D eigenvalue weighted by atomic mass is 32.2. The highest BCUT2D eigenvalue weighted by molar-refractivity contribution is 7.98. The molecule has 0 radical (unpaired) electrons. The number of thioether (sulfide) groups is 1. The zero-order chi connectivity index (χ0) is 21.7. The number of aryl methyl sites for hydroxylation is 1. The average molecular weight is 427 g/mol. The minimum atomic E-state index is -0.623. The minimum absolute atomic E-state index is 0.164. The van der Waals surface area contributed by atoms with Crippen molar-refractivity contribution < 1.29 is 9.53 Å². The quantitative estimate of drug-likeness (QED) is 0.544. The molecule has 6 nitrogen and oxygen atoms in total. The van der Waals surface area contributed by atoms with Crippen LogP contribution in [0.1, 0.15) is 56.1 Å². The van der Waals surface area contributed by atoms with Gasteiger partial charge in [0.05, 0.1) is 6.04 Å². The first-order valence-electron chi connectivity index (χ1n) is 10.3. The smallest absolute Gasteiger partial charge is 0.261 e. The third-order valence-electron chi connectivity index (χ3n) is 5.13. The van der Waals surface area contributed by atoms with E-state index in [0.717, 1.165) is 35.0 Å². The van der Waals surface area contributed by atoms with Crippen molar-refractivity contribution in [1.29, 1.82) is 0 Å². The second-order valence-electron chi connectivity index (χ2n) is 7.77. The van der Waals surface area contributed by atoms with Crippen LogP contribution in [-0.2, 0) is 4.79 Å². The summed E-state index contributed by atoms with van der Waals surface area (Å²) < 4.78 is 7.97. The van der Waals surface area contributed by atoms with E-state index in [0.29, 0.717) is 5.92 Å². The van der Waals surface area contributed by atoms with Crippen LogP contribution in [0, 0.1) is 6.92 Å². The Bertz CT molecular complexity index is 1000. The van der Waals surface area contributed by atoms with Crippen molar-refractivity contribution in [3.63, 3.8) is 0 Å². The lowest BCUT2D eigenvalue weighted by Crippen LogP contribution is -2.39. The molecule has 3 aromatic rings. The molecule has 2 heterocycles. The average Bonchev–Trinajstić information content (AvgIpc) is 3.16. The van der Waals surface area contributed by atoms with Gasteiger partial charge in [-0.15, -0.1) is 10.2 Å². The van der Waals surface area contributed by atoms with Crippen LogP contribution in [0.15, 0.2) is 42.6 Å². The number of carbonyl (C=O) groups excluding carboxylic acids is 1. The molecule has 1 N–H and O–H groups in total. The van der Waals surface area contributed by atoms with Gasteiger partial charge in [-0.25, -0.2) is 0 Å². The molecule has 3 rings (SSSR count). The molecule has 0 spiro atoms. The fourth-order valence-electron chi connectivity index (χ4n) is 3.23. The van der Waals surface area contributed by atoms with E-state index >= 15 is 0 Å². The molecular weight excluding hydrogens is 396 g/mol. The van der Waals surface area contributed by atoms with Crippen LogP contribution >= 0.6 is 11.8 Å². The highest BCUT2D eigenvalue weighted by Gasteiger charge is 2.24. The Morgan fingerprint density at radius 1 is 1.20 bits per heavy atom. The first-order valence-corrected chi connectivity index (χ1v) is 11.7. The molecule has 0 aliphatic heterocycles. The lowest BCUT2D eigenvalue weighted by atomic mass is 10.0. The summed E-state index contributed by atoms with van der Waals surface area (Å²) in [6.07, 6.45) is 4.11. The monoisotopic (exact) mass is 426 g/mol. The molecule has 1 aromatic carbocycles. The number of aromatic nitrogens is 3. The Labute approximate surface area is 182 Å². The molecule has 2 atom stereocenters. The van der Waals surface area contributed by atoms with E-state index in [1.807, 2.05) is 47.9 Å². The first kappa shape index (κ1) is 22.2. The summed E-state index contributed by atoms with van der Waals surface area (Å²) in [5, 5.41) is 11.7. The van der Waals surface area contributed by atoms with Crippen LogP contribution in [0.5, 0.6) is 5.75 Å². The van der Waals surface area contributed by atoms with Gasteiger partial charge in [-0.1, -0.05) is 32.0 Å². The first-order chi connectivity index (χ1) is 14.4. The number of hydrogen-bond donors (Lipinski definition) is 1. The summed E-state index contributed by atoms with van der Waals surface area (Å²) in [6.45, 7) is 8.06. The number of rotatable bonds is 9. The van der Waals surface area contributed by atoms with Gasteiger partial charge in [0, 0.05) is 6.20 Å². The normalized spacial score (nSPS) is 13.4. The summed E-state index contributed by atoms with van der Waals surface area (Å²) in [5.41, 5.74) is 2.97. The lowest BCUT2D eigenvalue weighted by Gasteiger charge is -2.21. The van der Waals surface area contributed by atoms with Gasteiger partial charge < -0.3 is 10.1 Å². The molecule has 0 aliphatic rings. The molecule has 2 aromatic heterocycles. The summed E-state index contributed by atoms with van der Waals surface area (Å²) >= 11 is 1.74. The number of nitrogens with one attached hydrogen (secondary N) is 1. The van der Waals surface area contributed by atoms with Crippen LogP contribution in [-0.4, -0.2) is 38.6 Å². The van der Waals surface area contributed by atoms with Crippen molar-refractivity contribution in [2.75, 3.05) is 12.0 Å². The molecule has 0 saturated carbocycles. The van der Waals surface area contributed by atoms with E-state index in [1.165, 1.54) is 5.56 Å². The predicted molar refractivity (Wildman–Crippen MR) is 122 cm³/mol. The summed E-state index contributed by atoms with van der Waals surface area (Å²) in [5.74, 6) is 2.62. The van der Waals surface area contributed by atoms with Crippen molar-refractivity contribution in [1.82, 2.24) is 19.9 Å². The number of fused-ring (bicyclic) bond motifs is 1. The summed E-state index contributed by atoms with van der Waals surface area (Å²) in [7, 11) is 0. The number of amides is 1. The fourth-order valence-corrected chi connectivity index (χ4v) is 3.71. The summed E-state index contributed by atoms with van der Waals surface area (Å²) in [6, 6.07) is 11.7. The van der Waals surface area contributed by atoms with Crippen LogP contribution in [0.4, 0.5) is 0 Å². The molecule has 0 saturated heterocycles. The van der Waals surface area contributed by atoms with Gasteiger partial charge in [0.25, 0.3) is 5.91 Å².